The maximum absolute atomic E-state index is 12.5. The number of nitro benzene ring substituents is 1. The Morgan fingerprint density at radius 3 is 2.34 bits per heavy atom. The second-order valence-electron chi connectivity index (χ2n) is 7.45. The number of carbonyl (C=O) groups is 3. The first-order chi connectivity index (χ1) is 13.6. The van der Waals surface area contributed by atoms with Gasteiger partial charge in [0.25, 0.3) is 11.6 Å². The van der Waals surface area contributed by atoms with Crippen LogP contribution in [-0.4, -0.2) is 42.0 Å². The molecule has 1 aliphatic carbocycles. The molecule has 29 heavy (non-hydrogen) atoms. The molecule has 0 aromatic heterocycles. The van der Waals surface area contributed by atoms with E-state index in [4.69, 9.17) is 4.74 Å². The van der Waals surface area contributed by atoms with Crippen LogP contribution in [0.25, 0.3) is 0 Å². The fraction of sp³-hybridized carbons (Fsp3) is 0.550. The van der Waals surface area contributed by atoms with Crippen LogP contribution >= 0.6 is 0 Å². The number of nitrogens with one attached hydrogen (secondary N) is 1. The van der Waals surface area contributed by atoms with Crippen molar-refractivity contribution in [3.05, 3.63) is 39.4 Å². The molecule has 158 valence electrons. The number of ether oxygens (including phenoxy) is 2. The van der Waals surface area contributed by atoms with E-state index in [1.165, 1.54) is 6.92 Å². The quantitative estimate of drug-likeness (QED) is 0.437. The summed E-state index contributed by atoms with van der Waals surface area (Å²) in [6.45, 7) is 5.67. The van der Waals surface area contributed by atoms with Gasteiger partial charge in [-0.05, 0) is 31.2 Å². The number of methoxy groups -OCH3 is 1. The van der Waals surface area contributed by atoms with E-state index < -0.39 is 34.6 Å². The first kappa shape index (κ1) is 22.3. The van der Waals surface area contributed by atoms with Crippen molar-refractivity contribution in [2.45, 2.75) is 52.2 Å². The summed E-state index contributed by atoms with van der Waals surface area (Å²) in [6.07, 6.45) is 1.92. The van der Waals surface area contributed by atoms with Crippen molar-refractivity contribution in [3.63, 3.8) is 0 Å². The molecule has 0 heterocycles. The van der Waals surface area contributed by atoms with Crippen LogP contribution in [-0.2, 0) is 14.3 Å². The Hall–Kier alpha value is -2.97. The third kappa shape index (κ3) is 5.52. The van der Waals surface area contributed by atoms with Gasteiger partial charge in [-0.3, -0.25) is 14.9 Å². The summed E-state index contributed by atoms with van der Waals surface area (Å²) in [5.74, 6) is -1.38. The zero-order valence-electron chi connectivity index (χ0n) is 17.0. The minimum Gasteiger partial charge on any atom is -0.465 e. The number of hydrogen-bond donors (Lipinski definition) is 1. The molecule has 4 atom stereocenters. The molecule has 2 rings (SSSR count). The SMILES string of the molecule is COC(=O)c1cc(C(=O)O[C@H](C)C(=O)N[C@H]2CCC[C@@H](C)[C@H]2C)cc([N+](=O)[O-])c1. The summed E-state index contributed by atoms with van der Waals surface area (Å²) in [7, 11) is 1.12. The summed E-state index contributed by atoms with van der Waals surface area (Å²) in [4.78, 5) is 47.0. The van der Waals surface area contributed by atoms with Crippen molar-refractivity contribution in [2.24, 2.45) is 11.8 Å². The third-order valence-corrected chi connectivity index (χ3v) is 5.47. The number of rotatable bonds is 6. The van der Waals surface area contributed by atoms with Gasteiger partial charge < -0.3 is 14.8 Å². The highest BCUT2D eigenvalue weighted by molar-refractivity contribution is 5.97. The van der Waals surface area contributed by atoms with Gasteiger partial charge in [-0.25, -0.2) is 9.59 Å². The molecular formula is C20H26N2O7. The van der Waals surface area contributed by atoms with E-state index in [1.54, 1.807) is 0 Å². The molecule has 0 radical (unpaired) electrons. The number of carbonyl (C=O) groups excluding carboxylic acids is 3. The molecule has 0 unspecified atom stereocenters. The van der Waals surface area contributed by atoms with E-state index in [-0.39, 0.29) is 17.2 Å². The molecular weight excluding hydrogens is 380 g/mol. The van der Waals surface area contributed by atoms with Crippen LogP contribution in [0.4, 0.5) is 5.69 Å². The first-order valence-corrected chi connectivity index (χ1v) is 9.53. The van der Waals surface area contributed by atoms with Gasteiger partial charge >= 0.3 is 11.9 Å². The predicted molar refractivity (Wildman–Crippen MR) is 103 cm³/mol. The van der Waals surface area contributed by atoms with Crippen LogP contribution in [0.1, 0.15) is 60.7 Å². The molecule has 0 bridgehead atoms. The molecule has 9 heteroatoms. The van der Waals surface area contributed by atoms with Crippen LogP contribution in [0.3, 0.4) is 0 Å². The van der Waals surface area contributed by atoms with Gasteiger partial charge in [0.2, 0.25) is 0 Å². The summed E-state index contributed by atoms with van der Waals surface area (Å²) in [6, 6.07) is 3.14. The molecule has 1 amide bonds. The molecule has 1 fully saturated rings. The highest BCUT2D eigenvalue weighted by atomic mass is 16.6. The Morgan fingerprint density at radius 2 is 1.76 bits per heavy atom. The Kier molecular flexibility index (Phi) is 7.30. The molecule has 0 aliphatic heterocycles. The molecule has 1 N–H and O–H groups in total. The molecule has 1 aromatic carbocycles. The molecule has 1 aromatic rings. The lowest BCUT2D eigenvalue weighted by molar-refractivity contribution is -0.384. The number of amides is 1. The molecule has 1 saturated carbocycles. The van der Waals surface area contributed by atoms with Crippen LogP contribution in [0, 0.1) is 22.0 Å². The van der Waals surface area contributed by atoms with E-state index in [2.05, 4.69) is 23.9 Å². The maximum atomic E-state index is 12.5. The second-order valence-corrected chi connectivity index (χ2v) is 7.45. The second kappa shape index (κ2) is 9.49. The maximum Gasteiger partial charge on any atom is 0.339 e. The van der Waals surface area contributed by atoms with Crippen molar-refractivity contribution >= 4 is 23.5 Å². The lowest BCUT2D eigenvalue weighted by Gasteiger charge is -2.35. The monoisotopic (exact) mass is 406 g/mol. The van der Waals surface area contributed by atoms with E-state index in [1.807, 2.05) is 0 Å². The number of benzene rings is 1. The number of nitro groups is 1. The standard InChI is InChI=1S/C20H26N2O7/c1-11-6-5-7-17(12(11)2)21-18(23)13(3)29-20(25)15-8-14(19(24)28-4)9-16(10-15)22(26)27/h8-13,17H,5-7H2,1-4H3,(H,21,23)/t11-,12-,13-,17+/m1/s1. The summed E-state index contributed by atoms with van der Waals surface area (Å²) in [5.41, 5.74) is -0.823. The third-order valence-electron chi connectivity index (χ3n) is 5.47. The lowest BCUT2D eigenvalue weighted by Crippen LogP contribution is -2.47. The van der Waals surface area contributed by atoms with E-state index in [0.717, 1.165) is 44.6 Å². The number of hydrogen-bond acceptors (Lipinski definition) is 7. The molecule has 1 aliphatic rings. The lowest BCUT2D eigenvalue weighted by atomic mass is 9.78. The van der Waals surface area contributed by atoms with E-state index in [0.29, 0.717) is 11.8 Å². The number of esters is 2. The minimum atomic E-state index is -1.09. The van der Waals surface area contributed by atoms with Crippen molar-refractivity contribution in [2.75, 3.05) is 7.11 Å². The van der Waals surface area contributed by atoms with Crippen molar-refractivity contribution < 1.29 is 28.8 Å². The van der Waals surface area contributed by atoms with Gasteiger partial charge in [-0.2, -0.15) is 0 Å². The summed E-state index contributed by atoms with van der Waals surface area (Å²) >= 11 is 0. The topological polar surface area (TPSA) is 125 Å². The Labute approximate surface area is 168 Å². The Morgan fingerprint density at radius 1 is 1.14 bits per heavy atom. The highest BCUT2D eigenvalue weighted by Crippen LogP contribution is 2.29. The Balaban J connectivity index is 2.10. The predicted octanol–water partition coefficient (Wildman–Crippen LogP) is 2.87. The van der Waals surface area contributed by atoms with Crippen LogP contribution in [0.15, 0.2) is 18.2 Å². The van der Waals surface area contributed by atoms with Gasteiger partial charge in [0.15, 0.2) is 6.10 Å². The first-order valence-electron chi connectivity index (χ1n) is 9.53. The normalized spacial score (nSPS) is 22.3. The van der Waals surface area contributed by atoms with Crippen LogP contribution in [0.5, 0.6) is 0 Å². The fourth-order valence-corrected chi connectivity index (χ4v) is 3.44. The van der Waals surface area contributed by atoms with Crippen molar-refractivity contribution in [3.8, 4) is 0 Å². The largest absolute Gasteiger partial charge is 0.465 e. The van der Waals surface area contributed by atoms with E-state index in [9.17, 15) is 24.5 Å². The molecule has 0 saturated heterocycles. The van der Waals surface area contributed by atoms with E-state index >= 15 is 0 Å². The summed E-state index contributed by atoms with van der Waals surface area (Å²) < 4.78 is 9.73. The average Bonchev–Trinajstić information content (AvgIpc) is 2.70. The van der Waals surface area contributed by atoms with Gasteiger partial charge in [-0.1, -0.05) is 26.7 Å². The Bertz CT molecular complexity index is 808. The fourth-order valence-electron chi connectivity index (χ4n) is 3.44. The van der Waals surface area contributed by atoms with Gasteiger partial charge in [0.05, 0.1) is 23.2 Å². The smallest absolute Gasteiger partial charge is 0.339 e. The zero-order valence-corrected chi connectivity index (χ0v) is 17.0. The zero-order chi connectivity index (χ0) is 21.7. The van der Waals surface area contributed by atoms with Crippen molar-refractivity contribution in [1.29, 1.82) is 0 Å². The average molecular weight is 406 g/mol. The number of non-ortho nitro benzene ring substituents is 1. The van der Waals surface area contributed by atoms with Crippen LogP contribution < -0.4 is 5.32 Å². The minimum absolute atomic E-state index is 0.0103. The highest BCUT2D eigenvalue weighted by Gasteiger charge is 2.30. The van der Waals surface area contributed by atoms with Crippen LogP contribution in [0.2, 0.25) is 0 Å². The van der Waals surface area contributed by atoms with Crippen molar-refractivity contribution in [1.82, 2.24) is 5.32 Å². The molecule has 0 spiro atoms. The van der Waals surface area contributed by atoms with Gasteiger partial charge in [-0.15, -0.1) is 0 Å². The van der Waals surface area contributed by atoms with Gasteiger partial charge in [0, 0.05) is 18.2 Å². The number of nitrogens with zero attached hydrogens (tertiary/aromatic N) is 1. The summed E-state index contributed by atoms with van der Waals surface area (Å²) in [5, 5.41) is 14.0. The molecule has 9 nitrogen and oxygen atoms in total. The van der Waals surface area contributed by atoms with Gasteiger partial charge in [0.1, 0.15) is 0 Å².